The van der Waals surface area contributed by atoms with Gasteiger partial charge in [0.1, 0.15) is 0 Å². The smallest absolute Gasteiger partial charge is 0.308 e. The number of carboxylic acid groups (broad SMARTS) is 1. The summed E-state index contributed by atoms with van der Waals surface area (Å²) in [6, 6.07) is 0. The molecule has 0 aliphatic heterocycles. The first-order chi connectivity index (χ1) is 8.92. The molecule has 0 spiro atoms. The van der Waals surface area contributed by atoms with Gasteiger partial charge in [0.25, 0.3) is 0 Å². The number of carbonyl (C=O) groups is 3. The van der Waals surface area contributed by atoms with Gasteiger partial charge in [-0.05, 0) is 12.3 Å². The van der Waals surface area contributed by atoms with E-state index in [1.54, 1.807) is 0 Å². The predicted octanol–water partition coefficient (Wildman–Crippen LogP) is 0.232. The molecule has 4 unspecified atom stereocenters. The molecule has 3 N–H and O–H groups in total. The van der Waals surface area contributed by atoms with E-state index in [1.807, 2.05) is 13.8 Å². The molecule has 4 atom stereocenters. The van der Waals surface area contributed by atoms with E-state index in [0.717, 1.165) is 6.42 Å². The number of hydrogen-bond donors (Lipinski definition) is 3. The van der Waals surface area contributed by atoms with Crippen molar-refractivity contribution in [1.82, 2.24) is 10.6 Å². The Balaban J connectivity index is 2.57. The molecule has 1 saturated carbocycles. The van der Waals surface area contributed by atoms with Crippen molar-refractivity contribution in [2.75, 3.05) is 13.6 Å². The Bertz CT molecular complexity index is 370. The van der Waals surface area contributed by atoms with Crippen molar-refractivity contribution >= 4 is 17.8 Å². The summed E-state index contributed by atoms with van der Waals surface area (Å²) >= 11 is 0. The quantitative estimate of drug-likeness (QED) is 0.644. The third-order valence-electron chi connectivity index (χ3n) is 3.90. The van der Waals surface area contributed by atoms with Crippen LogP contribution in [-0.2, 0) is 14.4 Å². The summed E-state index contributed by atoms with van der Waals surface area (Å²) in [6.45, 7) is 4.59. The molecular weight excluding hydrogens is 248 g/mol. The van der Waals surface area contributed by atoms with Gasteiger partial charge in [0.05, 0.1) is 17.8 Å². The zero-order valence-corrected chi connectivity index (χ0v) is 11.6. The summed E-state index contributed by atoms with van der Waals surface area (Å²) in [4.78, 5) is 34.6. The molecule has 0 heterocycles. The molecule has 1 fully saturated rings. The second-order valence-corrected chi connectivity index (χ2v) is 5.19. The van der Waals surface area contributed by atoms with E-state index in [0.29, 0.717) is 18.9 Å². The van der Waals surface area contributed by atoms with E-state index in [4.69, 9.17) is 5.11 Å². The van der Waals surface area contributed by atoms with Gasteiger partial charge in [0.2, 0.25) is 11.8 Å². The predicted molar refractivity (Wildman–Crippen MR) is 69.3 cm³/mol. The third-order valence-corrected chi connectivity index (χ3v) is 3.90. The Morgan fingerprint density at radius 2 is 1.84 bits per heavy atom. The Morgan fingerprint density at radius 1 is 1.26 bits per heavy atom. The highest BCUT2D eigenvalue weighted by atomic mass is 16.4. The van der Waals surface area contributed by atoms with Gasteiger partial charge in [-0.15, -0.1) is 0 Å². The van der Waals surface area contributed by atoms with Crippen LogP contribution in [0.1, 0.15) is 26.7 Å². The van der Waals surface area contributed by atoms with Crippen molar-refractivity contribution < 1.29 is 19.5 Å². The summed E-state index contributed by atoms with van der Waals surface area (Å²) in [7, 11) is 1.47. The SMILES string of the molecule is CCC(C)CNC(=O)C1CC(C(=O)NC)C1C(=O)O. The lowest BCUT2D eigenvalue weighted by Gasteiger charge is -2.39. The van der Waals surface area contributed by atoms with E-state index in [2.05, 4.69) is 10.6 Å². The van der Waals surface area contributed by atoms with Crippen LogP contribution in [0.15, 0.2) is 0 Å². The van der Waals surface area contributed by atoms with E-state index in [1.165, 1.54) is 7.05 Å². The van der Waals surface area contributed by atoms with E-state index in [-0.39, 0.29) is 11.8 Å². The number of rotatable bonds is 6. The molecule has 2 amide bonds. The van der Waals surface area contributed by atoms with Gasteiger partial charge in [-0.25, -0.2) is 0 Å². The molecule has 0 aromatic carbocycles. The number of carbonyl (C=O) groups excluding carboxylic acids is 2. The minimum atomic E-state index is -1.08. The summed E-state index contributed by atoms with van der Waals surface area (Å²) < 4.78 is 0. The number of carboxylic acids is 1. The van der Waals surface area contributed by atoms with Crippen molar-refractivity contribution in [3.05, 3.63) is 0 Å². The second kappa shape index (κ2) is 6.54. The van der Waals surface area contributed by atoms with Gasteiger partial charge < -0.3 is 15.7 Å². The maximum atomic E-state index is 11.9. The molecule has 6 nitrogen and oxygen atoms in total. The van der Waals surface area contributed by atoms with Crippen molar-refractivity contribution in [1.29, 1.82) is 0 Å². The van der Waals surface area contributed by atoms with Crippen LogP contribution in [0.25, 0.3) is 0 Å². The topological polar surface area (TPSA) is 95.5 Å². The Morgan fingerprint density at radius 3 is 2.32 bits per heavy atom. The van der Waals surface area contributed by atoms with Crippen molar-refractivity contribution in [2.45, 2.75) is 26.7 Å². The van der Waals surface area contributed by atoms with Crippen LogP contribution < -0.4 is 10.6 Å². The first kappa shape index (κ1) is 15.5. The molecular formula is C13H22N2O4. The molecule has 0 radical (unpaired) electrons. The largest absolute Gasteiger partial charge is 0.481 e. The van der Waals surface area contributed by atoms with E-state index in [9.17, 15) is 14.4 Å². The van der Waals surface area contributed by atoms with Gasteiger partial charge in [0.15, 0.2) is 0 Å². The number of hydrogen-bond acceptors (Lipinski definition) is 3. The minimum Gasteiger partial charge on any atom is -0.481 e. The zero-order chi connectivity index (χ0) is 14.6. The maximum absolute atomic E-state index is 11.9. The van der Waals surface area contributed by atoms with Crippen LogP contribution in [-0.4, -0.2) is 36.5 Å². The average Bonchev–Trinajstić information content (AvgIpc) is 2.33. The molecule has 108 valence electrons. The van der Waals surface area contributed by atoms with Crippen LogP contribution in [0.3, 0.4) is 0 Å². The third kappa shape index (κ3) is 3.45. The second-order valence-electron chi connectivity index (χ2n) is 5.19. The summed E-state index contributed by atoms with van der Waals surface area (Å²) in [5.74, 6) is -3.38. The van der Waals surface area contributed by atoms with Gasteiger partial charge in [-0.3, -0.25) is 14.4 Å². The van der Waals surface area contributed by atoms with Crippen molar-refractivity contribution in [2.24, 2.45) is 23.7 Å². The van der Waals surface area contributed by atoms with Crippen LogP contribution >= 0.6 is 0 Å². The minimum absolute atomic E-state index is 0.257. The Labute approximate surface area is 112 Å². The highest BCUT2D eigenvalue weighted by molar-refractivity contribution is 5.93. The fraction of sp³-hybridized carbons (Fsp3) is 0.769. The van der Waals surface area contributed by atoms with Gasteiger partial charge in [0, 0.05) is 13.6 Å². The van der Waals surface area contributed by atoms with Gasteiger partial charge in [-0.1, -0.05) is 20.3 Å². The monoisotopic (exact) mass is 270 g/mol. The molecule has 1 aliphatic rings. The Kier molecular flexibility index (Phi) is 5.32. The molecule has 1 aliphatic carbocycles. The van der Waals surface area contributed by atoms with Crippen LogP contribution in [0.5, 0.6) is 0 Å². The molecule has 0 saturated heterocycles. The summed E-state index contributed by atoms with van der Waals surface area (Å²) in [5, 5.41) is 14.3. The fourth-order valence-corrected chi connectivity index (χ4v) is 2.27. The van der Waals surface area contributed by atoms with Gasteiger partial charge >= 0.3 is 5.97 Å². The van der Waals surface area contributed by atoms with E-state index < -0.39 is 23.7 Å². The van der Waals surface area contributed by atoms with Crippen LogP contribution in [0.2, 0.25) is 0 Å². The molecule has 1 rings (SSSR count). The molecule has 0 aromatic rings. The number of aliphatic carboxylic acids is 1. The highest BCUT2D eigenvalue weighted by Crippen LogP contribution is 2.41. The summed E-state index contributed by atoms with van der Waals surface area (Å²) in [6.07, 6.45) is 1.26. The Hall–Kier alpha value is -1.59. The summed E-state index contributed by atoms with van der Waals surface area (Å²) in [5.41, 5.74) is 0. The lowest BCUT2D eigenvalue weighted by Crippen LogP contribution is -2.54. The van der Waals surface area contributed by atoms with E-state index >= 15 is 0 Å². The fourth-order valence-electron chi connectivity index (χ4n) is 2.27. The molecule has 0 aromatic heterocycles. The lowest BCUT2D eigenvalue weighted by atomic mass is 9.63. The van der Waals surface area contributed by atoms with Crippen LogP contribution in [0, 0.1) is 23.7 Å². The maximum Gasteiger partial charge on any atom is 0.308 e. The standard InChI is InChI=1S/C13H22N2O4/c1-4-7(2)6-15-12(17)9-5-8(11(16)14-3)10(9)13(18)19/h7-10H,4-6H2,1-3H3,(H,14,16)(H,15,17)(H,18,19). The number of nitrogens with one attached hydrogen (secondary N) is 2. The van der Waals surface area contributed by atoms with Gasteiger partial charge in [-0.2, -0.15) is 0 Å². The first-order valence-corrected chi connectivity index (χ1v) is 6.64. The zero-order valence-electron chi connectivity index (χ0n) is 11.6. The highest BCUT2D eigenvalue weighted by Gasteiger charge is 2.52. The normalized spacial score (nSPS) is 27.0. The van der Waals surface area contributed by atoms with Crippen LogP contribution in [0.4, 0.5) is 0 Å². The molecule has 6 heteroatoms. The lowest BCUT2D eigenvalue weighted by molar-refractivity contribution is -0.162. The van der Waals surface area contributed by atoms with Crippen molar-refractivity contribution in [3.8, 4) is 0 Å². The number of amides is 2. The average molecular weight is 270 g/mol. The molecule has 19 heavy (non-hydrogen) atoms. The first-order valence-electron chi connectivity index (χ1n) is 6.64. The molecule has 0 bridgehead atoms. The van der Waals surface area contributed by atoms with Crippen molar-refractivity contribution in [3.63, 3.8) is 0 Å².